The van der Waals surface area contributed by atoms with Gasteiger partial charge < -0.3 is 29.0 Å². The molecule has 3 saturated heterocycles. The maximum atomic E-state index is 13.4. The van der Waals surface area contributed by atoms with Gasteiger partial charge in [0.15, 0.2) is 24.0 Å². The first-order chi connectivity index (χ1) is 16.0. The highest BCUT2D eigenvalue weighted by Gasteiger charge is 2.65. The van der Waals surface area contributed by atoms with Gasteiger partial charge in [0.1, 0.15) is 18.3 Å². The van der Waals surface area contributed by atoms with Crippen molar-refractivity contribution < 1.29 is 28.5 Å². The van der Waals surface area contributed by atoms with E-state index in [1.54, 1.807) is 18.2 Å². The molecule has 0 aromatic heterocycles. The third kappa shape index (κ3) is 4.10. The molecule has 0 radical (unpaired) electrons. The number of halogens is 2. The molecule has 5 atom stereocenters. The van der Waals surface area contributed by atoms with Gasteiger partial charge in [-0.3, -0.25) is 4.79 Å². The Morgan fingerprint density at radius 1 is 0.788 bits per heavy atom. The van der Waals surface area contributed by atoms with Crippen molar-refractivity contribution in [3.8, 4) is 0 Å². The summed E-state index contributed by atoms with van der Waals surface area (Å²) in [6, 6.07) is 4.97. The van der Waals surface area contributed by atoms with E-state index in [1.807, 2.05) is 0 Å². The van der Waals surface area contributed by atoms with Crippen LogP contribution in [0.5, 0.6) is 0 Å². The zero-order valence-electron chi connectivity index (χ0n) is 18.4. The Hall–Kier alpha value is -0.930. The summed E-state index contributed by atoms with van der Waals surface area (Å²) in [7, 11) is 0. The summed E-state index contributed by atoms with van der Waals surface area (Å²) in [5, 5.41) is 3.69. The van der Waals surface area contributed by atoms with E-state index in [2.05, 4.69) is 5.32 Å². The van der Waals surface area contributed by atoms with Crippen molar-refractivity contribution in [3.05, 3.63) is 28.2 Å². The molecule has 3 aliphatic heterocycles. The van der Waals surface area contributed by atoms with Crippen LogP contribution in [0.4, 0.5) is 5.69 Å². The first-order valence-electron chi connectivity index (χ1n) is 12.1. The summed E-state index contributed by atoms with van der Waals surface area (Å²) in [4.78, 5) is 13.4. The van der Waals surface area contributed by atoms with Gasteiger partial charge in [0.2, 0.25) is 0 Å². The topological polar surface area (TPSA) is 75.3 Å². The maximum absolute atomic E-state index is 13.4. The van der Waals surface area contributed by atoms with Crippen LogP contribution in [-0.4, -0.2) is 48.2 Å². The van der Waals surface area contributed by atoms with Crippen LogP contribution in [0.25, 0.3) is 0 Å². The molecular weight excluding hydrogens is 469 g/mol. The third-order valence-corrected chi connectivity index (χ3v) is 8.29. The van der Waals surface area contributed by atoms with Crippen LogP contribution in [0.15, 0.2) is 18.2 Å². The minimum absolute atomic E-state index is 0.327. The zero-order valence-corrected chi connectivity index (χ0v) is 19.9. The number of rotatable bonds is 2. The van der Waals surface area contributed by atoms with E-state index in [4.69, 9.17) is 46.9 Å². The van der Waals surface area contributed by atoms with E-state index in [1.165, 1.54) is 6.42 Å². The van der Waals surface area contributed by atoms with Crippen molar-refractivity contribution in [1.82, 2.24) is 0 Å². The number of hydrogen-bond acceptors (Lipinski definition) is 6. The van der Waals surface area contributed by atoms with Crippen molar-refractivity contribution in [2.24, 2.45) is 0 Å². The fourth-order valence-electron chi connectivity index (χ4n) is 5.96. The fourth-order valence-corrected chi connectivity index (χ4v) is 6.25. The van der Waals surface area contributed by atoms with Gasteiger partial charge in [-0.05, 0) is 43.9 Å². The number of fused-ring (bicyclic) bond motifs is 3. The van der Waals surface area contributed by atoms with E-state index in [0.29, 0.717) is 15.7 Å². The number of anilines is 1. The molecule has 1 aromatic carbocycles. The molecule has 3 heterocycles. The summed E-state index contributed by atoms with van der Waals surface area (Å²) < 4.78 is 32.2. The Labute approximate surface area is 203 Å². The molecule has 7 nitrogen and oxygen atoms in total. The van der Waals surface area contributed by atoms with E-state index >= 15 is 0 Å². The molecule has 6 rings (SSSR count). The summed E-state index contributed by atoms with van der Waals surface area (Å²) >= 11 is 12.1. The number of carbonyl (C=O) groups is 1. The predicted octanol–water partition coefficient (Wildman–Crippen LogP) is 5.18. The van der Waals surface area contributed by atoms with Gasteiger partial charge in [-0.1, -0.05) is 36.0 Å². The van der Waals surface area contributed by atoms with Crippen molar-refractivity contribution in [2.75, 3.05) is 5.32 Å². The zero-order chi connectivity index (χ0) is 22.6. The molecule has 2 saturated carbocycles. The summed E-state index contributed by atoms with van der Waals surface area (Å²) in [5.41, 5.74) is 0.537. The standard InChI is InChI=1S/C24H29Cl2NO6/c25-15-8-7-14(13-16(15)26)27-21(28)19-17-18(31-23(30-17)9-3-1-4-10-23)20-22(29-19)33-24(32-20)11-5-2-6-12-24/h7-8,13,17-20,22H,1-6,9-12H2,(H,27,28)/t17-,18-,19-,20-,22-/m1/s1. The first-order valence-corrected chi connectivity index (χ1v) is 12.8. The minimum atomic E-state index is -0.894. The lowest BCUT2D eigenvalue weighted by Crippen LogP contribution is -2.58. The normalized spacial score (nSPS) is 36.5. The van der Waals surface area contributed by atoms with Gasteiger partial charge in [-0.25, -0.2) is 0 Å². The number of ether oxygens (including phenoxy) is 5. The Bertz CT molecular complexity index is 916. The lowest BCUT2D eigenvalue weighted by molar-refractivity contribution is -0.246. The van der Waals surface area contributed by atoms with Gasteiger partial charge in [0.25, 0.3) is 5.91 Å². The molecule has 1 amide bonds. The molecule has 5 fully saturated rings. The second-order valence-corrected chi connectivity index (χ2v) is 10.7. The number of nitrogens with one attached hydrogen (secondary N) is 1. The largest absolute Gasteiger partial charge is 0.341 e. The molecule has 1 N–H and O–H groups in total. The average molecular weight is 498 g/mol. The molecule has 2 aliphatic carbocycles. The van der Waals surface area contributed by atoms with Crippen molar-refractivity contribution in [1.29, 1.82) is 0 Å². The summed E-state index contributed by atoms with van der Waals surface area (Å²) in [6.45, 7) is 0. The third-order valence-electron chi connectivity index (χ3n) is 7.55. The van der Waals surface area contributed by atoms with Crippen molar-refractivity contribution in [3.63, 3.8) is 0 Å². The second-order valence-electron chi connectivity index (χ2n) is 9.85. The fraction of sp³-hybridized carbons (Fsp3) is 0.708. The highest BCUT2D eigenvalue weighted by atomic mass is 35.5. The van der Waals surface area contributed by atoms with Crippen LogP contribution in [0.1, 0.15) is 64.2 Å². The Balaban J connectivity index is 1.27. The molecule has 33 heavy (non-hydrogen) atoms. The van der Waals surface area contributed by atoms with E-state index < -0.39 is 42.3 Å². The van der Waals surface area contributed by atoms with Crippen LogP contribution in [0.2, 0.25) is 10.0 Å². The first kappa shape index (κ1) is 22.5. The van der Waals surface area contributed by atoms with Crippen LogP contribution >= 0.6 is 23.2 Å². The maximum Gasteiger partial charge on any atom is 0.256 e. The van der Waals surface area contributed by atoms with Crippen LogP contribution in [0.3, 0.4) is 0 Å². The van der Waals surface area contributed by atoms with Crippen molar-refractivity contribution >= 4 is 34.8 Å². The van der Waals surface area contributed by atoms with E-state index in [0.717, 1.165) is 57.8 Å². The minimum Gasteiger partial charge on any atom is -0.341 e. The molecule has 5 aliphatic rings. The lowest BCUT2D eigenvalue weighted by atomic mass is 9.94. The number of amides is 1. The molecule has 1 aromatic rings. The number of hydrogen-bond donors (Lipinski definition) is 1. The van der Waals surface area contributed by atoms with Crippen molar-refractivity contribution in [2.45, 2.75) is 106 Å². The Kier molecular flexibility index (Phi) is 5.89. The van der Waals surface area contributed by atoms with E-state index in [-0.39, 0.29) is 5.91 Å². The van der Waals surface area contributed by atoms with E-state index in [9.17, 15) is 4.79 Å². The summed E-state index contributed by atoms with van der Waals surface area (Å²) in [5.74, 6) is -1.66. The molecule has 9 heteroatoms. The molecule has 2 spiro atoms. The monoisotopic (exact) mass is 497 g/mol. The lowest BCUT2D eigenvalue weighted by Gasteiger charge is -2.36. The van der Waals surface area contributed by atoms with Gasteiger partial charge in [-0.2, -0.15) is 0 Å². The predicted molar refractivity (Wildman–Crippen MR) is 121 cm³/mol. The molecular formula is C24H29Cl2NO6. The highest BCUT2D eigenvalue weighted by Crippen LogP contribution is 2.51. The highest BCUT2D eigenvalue weighted by molar-refractivity contribution is 6.42. The van der Waals surface area contributed by atoms with Crippen LogP contribution in [-0.2, 0) is 28.5 Å². The average Bonchev–Trinajstić information content (AvgIpc) is 3.34. The molecule has 180 valence electrons. The quantitative estimate of drug-likeness (QED) is 0.606. The molecule has 0 bridgehead atoms. The van der Waals surface area contributed by atoms with Crippen LogP contribution in [0, 0.1) is 0 Å². The van der Waals surface area contributed by atoms with Crippen LogP contribution < -0.4 is 5.32 Å². The summed E-state index contributed by atoms with van der Waals surface area (Å²) in [6.07, 6.45) is 6.81. The van der Waals surface area contributed by atoms with Gasteiger partial charge in [-0.15, -0.1) is 0 Å². The van der Waals surface area contributed by atoms with Gasteiger partial charge in [0, 0.05) is 31.4 Å². The second kappa shape index (κ2) is 8.63. The molecule has 0 unspecified atom stereocenters. The number of carbonyl (C=O) groups excluding carboxylic acids is 1. The Morgan fingerprint density at radius 3 is 2.06 bits per heavy atom. The van der Waals surface area contributed by atoms with Gasteiger partial charge in [0.05, 0.1) is 10.0 Å². The Morgan fingerprint density at radius 2 is 1.39 bits per heavy atom. The van der Waals surface area contributed by atoms with Gasteiger partial charge >= 0.3 is 0 Å². The SMILES string of the molecule is O=C(Nc1ccc(Cl)c(Cl)c1)[C@@H]1O[C@@H]2OC3(CCCCC3)O[C@@H]2[C@@H]2OC3(CCCCC3)O[C@H]21. The smallest absolute Gasteiger partial charge is 0.256 e. The number of benzene rings is 1.